The second-order valence-electron chi connectivity index (χ2n) is 7.37. The zero-order valence-electron chi connectivity index (χ0n) is 14.9. The number of nitriles is 1. The summed E-state index contributed by atoms with van der Waals surface area (Å²) in [6.07, 6.45) is 0.847. The number of likely N-dealkylation sites (N-methyl/N-ethyl adjacent to an activating group) is 1. The third-order valence-corrected chi connectivity index (χ3v) is 7.41. The molecule has 1 saturated heterocycles. The molecule has 26 heavy (non-hydrogen) atoms. The van der Waals surface area contributed by atoms with E-state index < -0.39 is 10.0 Å². The third-order valence-electron chi connectivity index (χ3n) is 5.56. The highest BCUT2D eigenvalue weighted by Crippen LogP contribution is 2.45. The van der Waals surface area contributed by atoms with Gasteiger partial charge in [-0.2, -0.15) is 5.26 Å². The summed E-state index contributed by atoms with van der Waals surface area (Å²) in [5.74, 6) is 0.229. The van der Waals surface area contributed by atoms with E-state index in [4.69, 9.17) is 5.26 Å². The fraction of sp³-hybridized carbons (Fsp3) is 0.350. The summed E-state index contributed by atoms with van der Waals surface area (Å²) in [7, 11) is -1.49. The van der Waals surface area contributed by atoms with Crippen molar-refractivity contribution in [3.8, 4) is 6.07 Å². The summed E-state index contributed by atoms with van der Waals surface area (Å²) in [5.41, 5.74) is 3.57. The van der Waals surface area contributed by atoms with Crippen LogP contribution in [0.25, 0.3) is 0 Å². The largest absolute Gasteiger partial charge is 0.337 e. The van der Waals surface area contributed by atoms with Gasteiger partial charge in [0.1, 0.15) is 0 Å². The quantitative estimate of drug-likeness (QED) is 0.872. The first kappa shape index (κ1) is 17.1. The predicted molar refractivity (Wildman–Crippen MR) is 99.8 cm³/mol. The highest BCUT2D eigenvalue weighted by atomic mass is 32.2. The van der Waals surface area contributed by atoms with Gasteiger partial charge < -0.3 is 4.90 Å². The first-order valence-electron chi connectivity index (χ1n) is 8.88. The monoisotopic (exact) mass is 368 g/mol. The molecule has 0 aromatic heterocycles. The number of aryl methyl sites for hydroxylation is 1. The second-order valence-corrected chi connectivity index (χ2v) is 9.19. The first-order valence-corrected chi connectivity index (χ1v) is 10.3. The lowest BCUT2D eigenvalue weighted by Crippen LogP contribution is -3.11. The number of benzene rings is 2. The molecule has 0 radical (unpaired) electrons. The fourth-order valence-corrected chi connectivity index (χ4v) is 6.02. The van der Waals surface area contributed by atoms with E-state index in [2.05, 4.69) is 13.1 Å². The fourth-order valence-electron chi connectivity index (χ4n) is 4.28. The molecule has 2 aliphatic heterocycles. The molecule has 1 fully saturated rings. The summed E-state index contributed by atoms with van der Waals surface area (Å²) in [5, 5.41) is 8.97. The van der Waals surface area contributed by atoms with Crippen molar-refractivity contribution in [3.05, 3.63) is 59.2 Å². The molecule has 134 valence electrons. The number of hydrogen-bond donors (Lipinski definition) is 1. The normalized spacial score (nSPS) is 24.7. The average molecular weight is 368 g/mol. The van der Waals surface area contributed by atoms with Crippen LogP contribution in [0.4, 0.5) is 5.69 Å². The Bertz CT molecular complexity index is 993. The number of hydrogen-bond acceptors (Lipinski definition) is 3. The maximum absolute atomic E-state index is 13.5. The minimum Gasteiger partial charge on any atom is -0.337 e. The Morgan fingerprint density at radius 3 is 2.62 bits per heavy atom. The van der Waals surface area contributed by atoms with E-state index >= 15 is 0 Å². The van der Waals surface area contributed by atoms with Crippen LogP contribution in [0.3, 0.4) is 0 Å². The number of nitrogens with zero attached hydrogens (tertiary/aromatic N) is 2. The predicted octanol–water partition coefficient (Wildman–Crippen LogP) is 1.45. The van der Waals surface area contributed by atoms with Crippen LogP contribution in [-0.4, -0.2) is 34.6 Å². The molecule has 3 atom stereocenters. The molecule has 2 aliphatic rings. The van der Waals surface area contributed by atoms with E-state index in [1.54, 1.807) is 16.4 Å². The van der Waals surface area contributed by atoms with Crippen LogP contribution >= 0.6 is 0 Å². The number of anilines is 1. The molecule has 2 aromatic rings. The molecular formula is C20H22N3O2S+. The van der Waals surface area contributed by atoms with E-state index in [9.17, 15) is 8.42 Å². The van der Waals surface area contributed by atoms with Crippen LogP contribution in [0.15, 0.2) is 47.4 Å². The number of fused-ring (bicyclic) bond motifs is 3. The van der Waals surface area contributed by atoms with E-state index in [-0.39, 0.29) is 16.9 Å². The van der Waals surface area contributed by atoms with Crippen LogP contribution in [-0.2, 0) is 10.0 Å². The Morgan fingerprint density at radius 1 is 1.19 bits per heavy atom. The topological polar surface area (TPSA) is 65.6 Å². The standard InChI is InChI=1S/C20H21N3O2S/c1-14-3-8-19-17(11-14)18-13-22(2)10-9-20(18)23(19)26(24,25)16-6-4-15(12-21)5-7-16/h3-8,11,18,20H,9-10,13H2,1-2H3/p+1/t18-,20+/m0/s1. The van der Waals surface area contributed by atoms with Crippen LogP contribution in [0, 0.1) is 18.3 Å². The van der Waals surface area contributed by atoms with Gasteiger partial charge in [-0.25, -0.2) is 8.42 Å². The molecule has 0 amide bonds. The molecule has 1 unspecified atom stereocenters. The van der Waals surface area contributed by atoms with Gasteiger partial charge in [-0.05, 0) is 42.8 Å². The van der Waals surface area contributed by atoms with Gasteiger partial charge in [-0.1, -0.05) is 17.7 Å². The molecule has 2 aromatic carbocycles. The molecule has 0 bridgehead atoms. The number of sulfonamides is 1. The van der Waals surface area contributed by atoms with E-state index in [0.717, 1.165) is 36.3 Å². The van der Waals surface area contributed by atoms with Gasteiger partial charge in [-0.15, -0.1) is 0 Å². The minimum atomic E-state index is -3.66. The van der Waals surface area contributed by atoms with Crippen LogP contribution in [0.2, 0.25) is 0 Å². The maximum atomic E-state index is 13.5. The molecule has 6 heteroatoms. The summed E-state index contributed by atoms with van der Waals surface area (Å²) in [6, 6.07) is 14.3. The molecule has 0 spiro atoms. The third kappa shape index (κ3) is 2.59. The number of likely N-dealkylation sites (tertiary alicyclic amines) is 1. The molecular weight excluding hydrogens is 346 g/mol. The zero-order valence-corrected chi connectivity index (χ0v) is 15.8. The van der Waals surface area contributed by atoms with Gasteiger partial charge in [0.2, 0.25) is 0 Å². The lowest BCUT2D eigenvalue weighted by atomic mass is 9.89. The Labute approximate surface area is 154 Å². The number of rotatable bonds is 2. The average Bonchev–Trinajstić information content (AvgIpc) is 2.95. The Kier molecular flexibility index (Phi) is 4.02. The lowest BCUT2D eigenvalue weighted by Gasteiger charge is -2.34. The summed E-state index contributed by atoms with van der Waals surface area (Å²) < 4.78 is 28.5. The zero-order chi connectivity index (χ0) is 18.5. The highest BCUT2D eigenvalue weighted by Gasteiger charge is 2.48. The SMILES string of the molecule is Cc1ccc2c(c1)[C@@H]1C[NH+](C)CC[C@H]1N2S(=O)(=O)c1ccc(C#N)cc1. The van der Waals surface area contributed by atoms with Crippen molar-refractivity contribution in [2.24, 2.45) is 0 Å². The van der Waals surface area contributed by atoms with E-state index in [1.807, 2.05) is 25.1 Å². The van der Waals surface area contributed by atoms with Crippen molar-refractivity contribution in [1.82, 2.24) is 0 Å². The minimum absolute atomic E-state index is 0.0313. The Balaban J connectivity index is 1.83. The molecule has 0 saturated carbocycles. The van der Waals surface area contributed by atoms with Crippen molar-refractivity contribution >= 4 is 15.7 Å². The van der Waals surface area contributed by atoms with Gasteiger partial charge in [0, 0.05) is 6.42 Å². The molecule has 4 rings (SSSR count). The van der Waals surface area contributed by atoms with E-state index in [0.29, 0.717) is 5.56 Å². The molecule has 5 nitrogen and oxygen atoms in total. The summed E-state index contributed by atoms with van der Waals surface area (Å²) in [4.78, 5) is 1.69. The van der Waals surface area contributed by atoms with E-state index in [1.165, 1.54) is 17.0 Å². The van der Waals surface area contributed by atoms with Crippen LogP contribution in [0.1, 0.15) is 29.0 Å². The van der Waals surface area contributed by atoms with Gasteiger partial charge in [0.15, 0.2) is 0 Å². The lowest BCUT2D eigenvalue weighted by molar-refractivity contribution is -0.886. The molecule has 2 heterocycles. The van der Waals surface area contributed by atoms with Crippen molar-refractivity contribution < 1.29 is 13.3 Å². The Hall–Kier alpha value is -2.36. The summed E-state index contributed by atoms with van der Waals surface area (Å²) >= 11 is 0. The number of piperidine rings is 1. The molecule has 0 aliphatic carbocycles. The van der Waals surface area contributed by atoms with Crippen molar-refractivity contribution in [3.63, 3.8) is 0 Å². The smallest absolute Gasteiger partial charge is 0.264 e. The Morgan fingerprint density at radius 2 is 1.92 bits per heavy atom. The van der Waals surface area contributed by atoms with Crippen molar-refractivity contribution in [1.29, 1.82) is 5.26 Å². The van der Waals surface area contributed by atoms with Crippen LogP contribution < -0.4 is 9.21 Å². The first-order chi connectivity index (χ1) is 12.4. The van der Waals surface area contributed by atoms with Gasteiger partial charge in [0.25, 0.3) is 10.0 Å². The van der Waals surface area contributed by atoms with Crippen LogP contribution in [0.5, 0.6) is 0 Å². The summed E-state index contributed by atoms with van der Waals surface area (Å²) in [6.45, 7) is 3.96. The van der Waals surface area contributed by atoms with Gasteiger partial charge >= 0.3 is 0 Å². The maximum Gasteiger partial charge on any atom is 0.264 e. The number of quaternary nitrogens is 1. The highest BCUT2D eigenvalue weighted by molar-refractivity contribution is 7.92. The van der Waals surface area contributed by atoms with Gasteiger partial charge in [0.05, 0.1) is 54.3 Å². The molecule has 1 N–H and O–H groups in total. The van der Waals surface area contributed by atoms with Crippen molar-refractivity contribution in [2.75, 3.05) is 24.4 Å². The van der Waals surface area contributed by atoms with Gasteiger partial charge in [-0.3, -0.25) is 4.31 Å². The number of nitrogens with one attached hydrogen (secondary N) is 1. The van der Waals surface area contributed by atoms with Crippen molar-refractivity contribution in [2.45, 2.75) is 30.2 Å². The second kappa shape index (κ2) is 6.11.